The van der Waals surface area contributed by atoms with Crippen LogP contribution in [-0.2, 0) is 0 Å². The van der Waals surface area contributed by atoms with Crippen molar-refractivity contribution >= 4 is 29.1 Å². The molecule has 6 nitrogen and oxygen atoms in total. The Morgan fingerprint density at radius 2 is 2.04 bits per heavy atom. The number of aryl methyl sites for hydroxylation is 1. The molecule has 2 aromatic heterocycles. The quantitative estimate of drug-likeness (QED) is 0.762. The van der Waals surface area contributed by atoms with Crippen LogP contribution < -0.4 is 5.32 Å². The summed E-state index contributed by atoms with van der Waals surface area (Å²) in [5, 5.41) is 19.3. The lowest BCUT2D eigenvalue weighted by Crippen LogP contribution is -2.15. The van der Waals surface area contributed by atoms with Gasteiger partial charge in [-0.05, 0) is 30.0 Å². The molecule has 0 saturated carbocycles. The number of aromatic carboxylic acids is 1. The van der Waals surface area contributed by atoms with Crippen molar-refractivity contribution in [1.29, 1.82) is 0 Å². The number of anilines is 1. The van der Waals surface area contributed by atoms with Crippen molar-refractivity contribution < 1.29 is 19.2 Å². The maximum Gasteiger partial charge on any atom is 0.343 e. The van der Waals surface area contributed by atoms with Gasteiger partial charge in [0.15, 0.2) is 5.56 Å². The minimum atomic E-state index is -1.22. The molecule has 2 N–H and O–H groups in total. The average Bonchev–Trinajstić information content (AvgIpc) is 3.16. The highest BCUT2D eigenvalue weighted by molar-refractivity contribution is 7.08. The molecule has 0 atom stereocenters. The van der Waals surface area contributed by atoms with Crippen LogP contribution in [0.1, 0.15) is 26.3 Å². The molecule has 2 heterocycles. The summed E-state index contributed by atoms with van der Waals surface area (Å²) in [6.07, 6.45) is 0. The van der Waals surface area contributed by atoms with E-state index in [2.05, 4.69) is 10.5 Å². The van der Waals surface area contributed by atoms with Gasteiger partial charge in [0.1, 0.15) is 5.69 Å². The largest absolute Gasteiger partial charge is 0.477 e. The van der Waals surface area contributed by atoms with Gasteiger partial charge < -0.3 is 9.63 Å². The van der Waals surface area contributed by atoms with Crippen LogP contribution in [0.2, 0.25) is 0 Å². The third-order valence-electron chi connectivity index (χ3n) is 3.32. The van der Waals surface area contributed by atoms with Crippen molar-refractivity contribution in [3.8, 4) is 11.3 Å². The lowest BCUT2D eigenvalue weighted by atomic mass is 10.1. The summed E-state index contributed by atoms with van der Waals surface area (Å²) < 4.78 is 5.05. The summed E-state index contributed by atoms with van der Waals surface area (Å²) in [6, 6.07) is 8.74. The maximum atomic E-state index is 12.3. The second-order valence-corrected chi connectivity index (χ2v) is 5.60. The number of benzene rings is 1. The van der Waals surface area contributed by atoms with Crippen molar-refractivity contribution in [3.05, 3.63) is 57.8 Å². The van der Waals surface area contributed by atoms with Gasteiger partial charge in [0, 0.05) is 16.5 Å². The Labute approximate surface area is 135 Å². The fraction of sp³-hybridized carbons (Fsp3) is 0.0625. The van der Waals surface area contributed by atoms with E-state index in [0.717, 1.165) is 5.56 Å². The second kappa shape index (κ2) is 6.05. The summed E-state index contributed by atoms with van der Waals surface area (Å²) in [5.41, 5.74) is 1.88. The van der Waals surface area contributed by atoms with Crippen LogP contribution >= 0.6 is 11.3 Å². The van der Waals surface area contributed by atoms with Crippen LogP contribution in [0, 0.1) is 6.92 Å². The van der Waals surface area contributed by atoms with E-state index in [9.17, 15) is 14.7 Å². The number of hydrogen-bond donors (Lipinski definition) is 2. The number of carboxylic acids is 1. The molecule has 3 aromatic rings. The van der Waals surface area contributed by atoms with Gasteiger partial charge >= 0.3 is 5.97 Å². The van der Waals surface area contributed by atoms with Crippen LogP contribution in [0.15, 0.2) is 45.6 Å². The smallest absolute Gasteiger partial charge is 0.343 e. The third kappa shape index (κ3) is 2.86. The highest BCUT2D eigenvalue weighted by atomic mass is 32.1. The standard InChI is InChI=1S/C16H12N2O4S/c1-9-4-2-3-5-11(9)14(19)17-15-12(16(20)21)13(18-22-15)10-6-7-23-8-10/h2-8H,1H3,(H,17,19)(H,20,21). The number of nitrogens with one attached hydrogen (secondary N) is 1. The molecular formula is C16H12N2O4S. The second-order valence-electron chi connectivity index (χ2n) is 4.82. The Bertz CT molecular complexity index is 868. The van der Waals surface area contributed by atoms with E-state index in [4.69, 9.17) is 4.52 Å². The van der Waals surface area contributed by atoms with Crippen LogP contribution in [0.3, 0.4) is 0 Å². The molecule has 0 unspecified atom stereocenters. The fourth-order valence-electron chi connectivity index (χ4n) is 2.17. The van der Waals surface area contributed by atoms with Gasteiger partial charge in [-0.15, -0.1) is 0 Å². The van der Waals surface area contributed by atoms with Crippen molar-refractivity contribution in [2.75, 3.05) is 5.32 Å². The van der Waals surface area contributed by atoms with Crippen LogP contribution in [-0.4, -0.2) is 22.1 Å². The number of carbonyl (C=O) groups is 2. The molecule has 1 amide bonds. The summed E-state index contributed by atoms with van der Waals surface area (Å²) in [4.78, 5) is 23.9. The maximum absolute atomic E-state index is 12.3. The number of rotatable bonds is 4. The molecule has 116 valence electrons. The molecule has 0 fully saturated rings. The Balaban J connectivity index is 1.97. The third-order valence-corrected chi connectivity index (χ3v) is 4.00. The predicted octanol–water partition coefficient (Wildman–Crippen LogP) is 3.66. The summed E-state index contributed by atoms with van der Waals surface area (Å²) >= 11 is 1.41. The highest BCUT2D eigenvalue weighted by Gasteiger charge is 2.25. The lowest BCUT2D eigenvalue weighted by molar-refractivity contribution is 0.0698. The first-order chi connectivity index (χ1) is 11.1. The molecule has 0 spiro atoms. The van der Waals surface area contributed by atoms with Crippen LogP contribution in [0.25, 0.3) is 11.3 Å². The molecule has 1 aromatic carbocycles. The minimum Gasteiger partial charge on any atom is -0.477 e. The first-order valence-corrected chi connectivity index (χ1v) is 7.64. The number of nitrogens with zero attached hydrogens (tertiary/aromatic N) is 1. The van der Waals surface area contributed by atoms with E-state index in [1.807, 2.05) is 6.07 Å². The molecule has 0 aliphatic heterocycles. The Hall–Kier alpha value is -2.93. The Morgan fingerprint density at radius 1 is 1.26 bits per heavy atom. The summed E-state index contributed by atoms with van der Waals surface area (Å²) in [5.74, 6) is -1.84. The number of thiophene rings is 1. The summed E-state index contributed by atoms with van der Waals surface area (Å²) in [6.45, 7) is 1.80. The van der Waals surface area contributed by atoms with E-state index in [1.165, 1.54) is 11.3 Å². The first kappa shape index (κ1) is 15.0. The van der Waals surface area contributed by atoms with Crippen molar-refractivity contribution in [2.45, 2.75) is 6.92 Å². The zero-order chi connectivity index (χ0) is 16.4. The molecule has 23 heavy (non-hydrogen) atoms. The molecule has 3 rings (SSSR count). The van der Waals surface area contributed by atoms with Gasteiger partial charge in [-0.3, -0.25) is 10.1 Å². The molecule has 0 saturated heterocycles. The molecule has 0 aliphatic rings. The minimum absolute atomic E-state index is 0.162. The van der Waals surface area contributed by atoms with Gasteiger partial charge in [0.25, 0.3) is 5.91 Å². The zero-order valence-electron chi connectivity index (χ0n) is 12.1. The average molecular weight is 328 g/mol. The zero-order valence-corrected chi connectivity index (χ0v) is 12.9. The van der Waals surface area contributed by atoms with Crippen molar-refractivity contribution in [1.82, 2.24) is 5.16 Å². The van der Waals surface area contributed by atoms with Crippen molar-refractivity contribution in [3.63, 3.8) is 0 Å². The monoisotopic (exact) mass is 328 g/mol. The Kier molecular flexibility index (Phi) is 3.94. The van der Waals surface area contributed by atoms with Crippen molar-refractivity contribution in [2.24, 2.45) is 0 Å². The van der Waals surface area contributed by atoms with Crippen LogP contribution in [0.4, 0.5) is 5.88 Å². The van der Waals surface area contributed by atoms with E-state index < -0.39 is 11.9 Å². The normalized spacial score (nSPS) is 10.5. The molecule has 0 aliphatic carbocycles. The van der Waals surface area contributed by atoms with Gasteiger partial charge in [-0.1, -0.05) is 23.4 Å². The van der Waals surface area contributed by atoms with Gasteiger partial charge in [0.05, 0.1) is 0 Å². The number of carbonyl (C=O) groups excluding carboxylic acids is 1. The van der Waals surface area contributed by atoms with Gasteiger partial charge in [0.2, 0.25) is 5.88 Å². The topological polar surface area (TPSA) is 92.4 Å². The molecule has 0 radical (unpaired) electrons. The van der Waals surface area contributed by atoms with E-state index in [-0.39, 0.29) is 17.1 Å². The SMILES string of the molecule is Cc1ccccc1C(=O)Nc1onc(-c2ccsc2)c1C(=O)O. The number of hydrogen-bond acceptors (Lipinski definition) is 5. The summed E-state index contributed by atoms with van der Waals surface area (Å²) in [7, 11) is 0. The molecule has 0 bridgehead atoms. The number of carboxylic acid groups (broad SMARTS) is 1. The fourth-order valence-corrected chi connectivity index (χ4v) is 2.81. The van der Waals surface area contributed by atoms with E-state index in [0.29, 0.717) is 11.1 Å². The predicted molar refractivity (Wildman–Crippen MR) is 85.9 cm³/mol. The van der Waals surface area contributed by atoms with Gasteiger partial charge in [-0.2, -0.15) is 11.3 Å². The number of aromatic nitrogens is 1. The molecule has 7 heteroatoms. The molecular weight excluding hydrogens is 316 g/mol. The first-order valence-electron chi connectivity index (χ1n) is 6.70. The van der Waals surface area contributed by atoms with Gasteiger partial charge in [-0.25, -0.2) is 4.79 Å². The Morgan fingerprint density at radius 3 is 2.70 bits per heavy atom. The van der Waals surface area contributed by atoms with E-state index >= 15 is 0 Å². The van der Waals surface area contributed by atoms with Crippen LogP contribution in [0.5, 0.6) is 0 Å². The highest BCUT2D eigenvalue weighted by Crippen LogP contribution is 2.30. The number of amides is 1. The lowest BCUT2D eigenvalue weighted by Gasteiger charge is -2.05. The van der Waals surface area contributed by atoms with E-state index in [1.54, 1.807) is 41.9 Å².